The summed E-state index contributed by atoms with van der Waals surface area (Å²) in [5, 5.41) is 13.4. The molecule has 0 radical (unpaired) electrons. The number of hydrogen-bond acceptors (Lipinski definition) is 7. The van der Waals surface area contributed by atoms with Gasteiger partial charge in [-0.25, -0.2) is 0 Å². The maximum Gasteiger partial charge on any atom is 0.416 e. The smallest absolute Gasteiger partial charge is 0.416 e. The van der Waals surface area contributed by atoms with Gasteiger partial charge < -0.3 is 20.3 Å². The number of alkyl halides is 3. The number of ether oxygens (including phenoxy) is 1. The maximum atomic E-state index is 13.9. The van der Waals surface area contributed by atoms with E-state index < -0.39 is 17.6 Å². The van der Waals surface area contributed by atoms with E-state index in [-0.39, 0.29) is 36.2 Å². The van der Waals surface area contributed by atoms with Crippen LogP contribution in [-0.2, 0) is 22.3 Å². The standard InChI is InChI=1S/C30H33F3N6O3/c1-2-38-13-15-39(16-14-38)18-22-5-8-23(17-25(22)30(31,32)33)34-28(40)19-42-24-9-6-20(7-10-24)26-11-12-27(37-36-26)35-29(41)21-3-4-21/h5-12,17,21H,2-4,13-16,18-19H2,1H3,(H,34,40)(H,35,37,41). The number of piperazine rings is 1. The van der Waals surface area contributed by atoms with Gasteiger partial charge >= 0.3 is 6.18 Å². The van der Waals surface area contributed by atoms with Gasteiger partial charge in [-0.1, -0.05) is 13.0 Å². The zero-order chi connectivity index (χ0) is 29.7. The number of benzene rings is 2. The Bertz CT molecular complexity index is 1390. The summed E-state index contributed by atoms with van der Waals surface area (Å²) in [5.74, 6) is 0.247. The minimum atomic E-state index is -4.55. The third kappa shape index (κ3) is 7.83. The molecule has 2 aliphatic rings. The van der Waals surface area contributed by atoms with Crippen LogP contribution in [0.15, 0.2) is 54.6 Å². The van der Waals surface area contributed by atoms with Crippen LogP contribution in [0.4, 0.5) is 24.7 Å². The van der Waals surface area contributed by atoms with Crippen molar-refractivity contribution in [1.29, 1.82) is 0 Å². The number of nitrogens with zero attached hydrogens (tertiary/aromatic N) is 4. The van der Waals surface area contributed by atoms with Crippen LogP contribution in [0.3, 0.4) is 0 Å². The van der Waals surface area contributed by atoms with E-state index in [4.69, 9.17) is 4.74 Å². The predicted octanol–water partition coefficient (Wildman–Crippen LogP) is 4.67. The fourth-order valence-corrected chi connectivity index (χ4v) is 4.76. The summed E-state index contributed by atoms with van der Waals surface area (Å²) in [7, 11) is 0. The number of carbonyl (C=O) groups is 2. The Hall–Kier alpha value is -4.03. The first-order valence-corrected chi connectivity index (χ1v) is 14.0. The lowest BCUT2D eigenvalue weighted by atomic mass is 10.0. The highest BCUT2D eigenvalue weighted by molar-refractivity contribution is 5.93. The first-order chi connectivity index (χ1) is 20.2. The molecule has 2 N–H and O–H groups in total. The third-order valence-electron chi connectivity index (χ3n) is 7.39. The molecule has 5 rings (SSSR count). The van der Waals surface area contributed by atoms with Gasteiger partial charge in [0.25, 0.3) is 5.91 Å². The number of aromatic nitrogens is 2. The number of nitrogens with one attached hydrogen (secondary N) is 2. The zero-order valence-electron chi connectivity index (χ0n) is 23.3. The molecular weight excluding hydrogens is 549 g/mol. The Labute approximate surface area is 242 Å². The second kappa shape index (κ2) is 12.9. The van der Waals surface area contributed by atoms with Gasteiger partial charge in [-0.05, 0) is 73.5 Å². The van der Waals surface area contributed by atoms with E-state index in [1.54, 1.807) is 36.4 Å². The van der Waals surface area contributed by atoms with Crippen molar-refractivity contribution in [2.24, 2.45) is 5.92 Å². The lowest BCUT2D eigenvalue weighted by Gasteiger charge is -2.34. The molecule has 1 saturated carbocycles. The van der Waals surface area contributed by atoms with E-state index in [9.17, 15) is 22.8 Å². The molecule has 2 amide bonds. The van der Waals surface area contributed by atoms with Gasteiger partial charge in [-0.2, -0.15) is 13.2 Å². The van der Waals surface area contributed by atoms with Crippen molar-refractivity contribution in [2.45, 2.75) is 32.5 Å². The number of amides is 2. The number of hydrogen-bond donors (Lipinski definition) is 2. The quantitative estimate of drug-likeness (QED) is 0.359. The van der Waals surface area contributed by atoms with Gasteiger partial charge in [-0.3, -0.25) is 14.5 Å². The Morgan fingerprint density at radius 2 is 1.64 bits per heavy atom. The molecule has 1 aliphatic carbocycles. The molecule has 1 saturated heterocycles. The van der Waals surface area contributed by atoms with Crippen LogP contribution in [0.1, 0.15) is 30.9 Å². The van der Waals surface area contributed by atoms with Crippen molar-refractivity contribution in [3.63, 3.8) is 0 Å². The van der Waals surface area contributed by atoms with Crippen LogP contribution >= 0.6 is 0 Å². The predicted molar refractivity (Wildman–Crippen MR) is 152 cm³/mol. The summed E-state index contributed by atoms with van der Waals surface area (Å²) in [6.07, 6.45) is -2.75. The SMILES string of the molecule is CCN1CCN(Cc2ccc(NC(=O)COc3ccc(-c4ccc(NC(=O)C5CC5)nn4)cc3)cc2C(F)(F)F)CC1. The molecule has 222 valence electrons. The largest absolute Gasteiger partial charge is 0.484 e. The molecule has 0 spiro atoms. The average Bonchev–Trinajstić information content (AvgIpc) is 3.84. The van der Waals surface area contributed by atoms with Gasteiger partial charge in [0.1, 0.15) is 5.75 Å². The molecule has 2 fully saturated rings. The van der Waals surface area contributed by atoms with Crippen molar-refractivity contribution < 1.29 is 27.5 Å². The van der Waals surface area contributed by atoms with Crippen LogP contribution in [0.2, 0.25) is 0 Å². The second-order valence-electron chi connectivity index (χ2n) is 10.5. The summed E-state index contributed by atoms with van der Waals surface area (Å²) in [5.41, 5.74) is 0.837. The van der Waals surface area contributed by atoms with E-state index >= 15 is 0 Å². The molecule has 2 aromatic carbocycles. The van der Waals surface area contributed by atoms with Crippen molar-refractivity contribution in [3.8, 4) is 17.0 Å². The summed E-state index contributed by atoms with van der Waals surface area (Å²) >= 11 is 0. The highest BCUT2D eigenvalue weighted by Crippen LogP contribution is 2.35. The Kier molecular flexibility index (Phi) is 9.03. The molecule has 0 unspecified atom stereocenters. The number of anilines is 2. The van der Waals surface area contributed by atoms with Crippen molar-refractivity contribution in [1.82, 2.24) is 20.0 Å². The summed E-state index contributed by atoms with van der Waals surface area (Å²) in [6, 6.07) is 14.1. The van der Waals surface area contributed by atoms with Crippen molar-refractivity contribution in [2.75, 3.05) is 50.0 Å². The van der Waals surface area contributed by atoms with E-state index in [2.05, 4.69) is 32.7 Å². The highest BCUT2D eigenvalue weighted by Gasteiger charge is 2.34. The molecule has 3 aromatic rings. The minimum Gasteiger partial charge on any atom is -0.484 e. The van der Waals surface area contributed by atoms with Gasteiger partial charge in [-0.15, -0.1) is 10.2 Å². The van der Waals surface area contributed by atoms with Crippen LogP contribution < -0.4 is 15.4 Å². The van der Waals surface area contributed by atoms with Gasteiger partial charge in [0.2, 0.25) is 5.91 Å². The molecular formula is C30H33F3N6O3. The topological polar surface area (TPSA) is 99.7 Å². The average molecular weight is 583 g/mol. The van der Waals surface area contributed by atoms with Gasteiger partial charge in [0.15, 0.2) is 12.4 Å². The Balaban J connectivity index is 1.14. The van der Waals surface area contributed by atoms with Crippen LogP contribution in [0.25, 0.3) is 11.3 Å². The fraction of sp³-hybridized carbons (Fsp3) is 0.400. The minimum absolute atomic E-state index is 0.0445. The zero-order valence-corrected chi connectivity index (χ0v) is 23.3. The van der Waals surface area contributed by atoms with E-state index in [1.165, 1.54) is 12.1 Å². The molecule has 9 nitrogen and oxygen atoms in total. The molecule has 1 aromatic heterocycles. The summed E-state index contributed by atoms with van der Waals surface area (Å²) in [6.45, 7) is 5.91. The fourth-order valence-electron chi connectivity index (χ4n) is 4.76. The van der Waals surface area contributed by atoms with E-state index in [1.807, 2.05) is 4.90 Å². The van der Waals surface area contributed by atoms with E-state index in [0.29, 0.717) is 30.4 Å². The molecule has 12 heteroatoms. The van der Waals surface area contributed by atoms with E-state index in [0.717, 1.165) is 44.1 Å². The van der Waals surface area contributed by atoms with Gasteiger partial charge in [0, 0.05) is 49.9 Å². The Morgan fingerprint density at radius 3 is 2.26 bits per heavy atom. The molecule has 0 bridgehead atoms. The maximum absolute atomic E-state index is 13.9. The lowest BCUT2D eigenvalue weighted by Crippen LogP contribution is -2.45. The first kappa shape index (κ1) is 29.5. The molecule has 0 atom stereocenters. The normalized spacial score (nSPS) is 16.2. The number of rotatable bonds is 10. The number of carbonyl (C=O) groups excluding carboxylic acids is 2. The molecule has 2 heterocycles. The van der Waals surface area contributed by atoms with Crippen LogP contribution in [0.5, 0.6) is 5.75 Å². The third-order valence-corrected chi connectivity index (χ3v) is 7.39. The Morgan fingerprint density at radius 1 is 0.929 bits per heavy atom. The lowest BCUT2D eigenvalue weighted by molar-refractivity contribution is -0.138. The number of halogens is 3. The highest BCUT2D eigenvalue weighted by atomic mass is 19.4. The van der Waals surface area contributed by atoms with Gasteiger partial charge in [0.05, 0.1) is 11.3 Å². The van der Waals surface area contributed by atoms with Crippen LogP contribution in [-0.4, -0.2) is 71.1 Å². The second-order valence-corrected chi connectivity index (χ2v) is 10.5. The molecule has 42 heavy (non-hydrogen) atoms. The molecule has 1 aliphatic heterocycles. The van der Waals surface area contributed by atoms with Crippen molar-refractivity contribution >= 4 is 23.3 Å². The summed E-state index contributed by atoms with van der Waals surface area (Å²) < 4.78 is 47.2. The monoisotopic (exact) mass is 582 g/mol. The number of likely N-dealkylation sites (N-methyl/N-ethyl adjacent to an activating group) is 1. The van der Waals surface area contributed by atoms with Crippen molar-refractivity contribution in [3.05, 3.63) is 65.7 Å². The van der Waals surface area contributed by atoms with Crippen LogP contribution in [0, 0.1) is 5.92 Å². The summed E-state index contributed by atoms with van der Waals surface area (Å²) in [4.78, 5) is 28.6. The first-order valence-electron chi connectivity index (χ1n) is 14.0.